The van der Waals surface area contributed by atoms with Crippen molar-refractivity contribution in [2.24, 2.45) is 0 Å². The van der Waals surface area contributed by atoms with Gasteiger partial charge in [-0.05, 0) is 37.6 Å². The standard InChI is InChI=1S/C17H20ClN3O3S/c1-3-12-21(17(22)19-16-7-5-4-6-15(16)18)20-25(23,24)14-10-8-13(2)9-11-14/h4-11,20H,3,12H2,1-2H3,(H,19,22). The number of nitrogens with one attached hydrogen (secondary N) is 2. The van der Waals surface area contributed by atoms with Gasteiger partial charge in [0.2, 0.25) is 0 Å². The van der Waals surface area contributed by atoms with Crippen molar-refractivity contribution in [2.75, 3.05) is 11.9 Å². The van der Waals surface area contributed by atoms with E-state index in [2.05, 4.69) is 10.1 Å². The monoisotopic (exact) mass is 381 g/mol. The number of sulfonamides is 1. The van der Waals surface area contributed by atoms with E-state index in [0.29, 0.717) is 17.1 Å². The van der Waals surface area contributed by atoms with Gasteiger partial charge in [0.25, 0.3) is 10.0 Å². The first-order valence-corrected chi connectivity index (χ1v) is 9.62. The first-order valence-electron chi connectivity index (χ1n) is 7.75. The van der Waals surface area contributed by atoms with Crippen molar-refractivity contribution in [1.82, 2.24) is 9.84 Å². The smallest absolute Gasteiger partial charge is 0.305 e. The Labute approximate surface area is 152 Å². The predicted octanol–water partition coefficient (Wildman–Crippen LogP) is 3.79. The zero-order valence-electron chi connectivity index (χ0n) is 14.0. The van der Waals surface area contributed by atoms with Gasteiger partial charge in [-0.25, -0.2) is 18.2 Å². The SMILES string of the molecule is CCCN(NS(=O)(=O)c1ccc(C)cc1)C(=O)Nc1ccccc1Cl. The number of hydrogen-bond acceptors (Lipinski definition) is 3. The molecule has 8 heteroatoms. The van der Waals surface area contributed by atoms with E-state index < -0.39 is 16.1 Å². The number of halogens is 1. The summed E-state index contributed by atoms with van der Waals surface area (Å²) in [7, 11) is -3.86. The summed E-state index contributed by atoms with van der Waals surface area (Å²) in [6.07, 6.45) is 0.576. The van der Waals surface area contributed by atoms with E-state index in [0.717, 1.165) is 10.6 Å². The number of rotatable bonds is 6. The number of anilines is 1. The fourth-order valence-corrected chi connectivity index (χ4v) is 3.32. The number of para-hydroxylation sites is 1. The lowest BCUT2D eigenvalue weighted by Gasteiger charge is -2.23. The van der Waals surface area contributed by atoms with Gasteiger partial charge in [0.05, 0.1) is 15.6 Å². The van der Waals surface area contributed by atoms with Crippen LogP contribution in [0.3, 0.4) is 0 Å². The van der Waals surface area contributed by atoms with Gasteiger partial charge in [0.15, 0.2) is 0 Å². The zero-order valence-corrected chi connectivity index (χ0v) is 15.6. The molecular weight excluding hydrogens is 362 g/mol. The minimum Gasteiger partial charge on any atom is -0.305 e. The molecular formula is C17H20ClN3O3S. The van der Waals surface area contributed by atoms with Gasteiger partial charge < -0.3 is 5.32 Å². The number of amides is 2. The van der Waals surface area contributed by atoms with E-state index in [1.807, 2.05) is 13.8 Å². The Morgan fingerprint density at radius 2 is 1.76 bits per heavy atom. The van der Waals surface area contributed by atoms with Crippen molar-refractivity contribution in [3.63, 3.8) is 0 Å². The summed E-state index contributed by atoms with van der Waals surface area (Å²) in [5, 5.41) is 4.00. The molecule has 0 atom stereocenters. The Bertz CT molecular complexity index is 838. The third-order valence-corrected chi connectivity index (χ3v) is 5.05. The Morgan fingerprint density at radius 1 is 1.12 bits per heavy atom. The van der Waals surface area contributed by atoms with Crippen LogP contribution in [0.5, 0.6) is 0 Å². The van der Waals surface area contributed by atoms with Crippen LogP contribution in [0.25, 0.3) is 0 Å². The fourth-order valence-electron chi connectivity index (χ4n) is 2.07. The summed E-state index contributed by atoms with van der Waals surface area (Å²) in [4.78, 5) is 14.9. The maximum atomic E-state index is 12.5. The van der Waals surface area contributed by atoms with Crippen molar-refractivity contribution in [3.05, 3.63) is 59.1 Å². The van der Waals surface area contributed by atoms with Gasteiger partial charge in [-0.3, -0.25) is 0 Å². The quantitative estimate of drug-likeness (QED) is 0.747. The van der Waals surface area contributed by atoms with Gasteiger partial charge >= 0.3 is 6.03 Å². The maximum absolute atomic E-state index is 12.5. The highest BCUT2D eigenvalue weighted by Crippen LogP contribution is 2.21. The third kappa shape index (κ3) is 5.19. The van der Waals surface area contributed by atoms with Crippen molar-refractivity contribution in [1.29, 1.82) is 0 Å². The molecule has 0 bridgehead atoms. The Balaban J connectivity index is 2.18. The number of nitrogens with zero attached hydrogens (tertiary/aromatic N) is 1. The molecule has 0 fully saturated rings. The molecule has 0 heterocycles. The minimum atomic E-state index is -3.86. The normalized spacial score (nSPS) is 11.2. The number of aryl methyl sites for hydroxylation is 1. The highest BCUT2D eigenvalue weighted by Gasteiger charge is 2.22. The summed E-state index contributed by atoms with van der Waals surface area (Å²) < 4.78 is 25.0. The van der Waals surface area contributed by atoms with E-state index in [-0.39, 0.29) is 11.4 Å². The molecule has 0 radical (unpaired) electrons. The number of urea groups is 1. The van der Waals surface area contributed by atoms with Gasteiger partial charge in [-0.15, -0.1) is 4.83 Å². The van der Waals surface area contributed by atoms with Crippen molar-refractivity contribution < 1.29 is 13.2 Å². The van der Waals surface area contributed by atoms with Gasteiger partial charge in [-0.2, -0.15) is 0 Å². The molecule has 0 spiro atoms. The van der Waals surface area contributed by atoms with E-state index in [1.54, 1.807) is 36.4 Å². The first kappa shape index (κ1) is 19.2. The number of carbonyl (C=O) groups is 1. The molecule has 2 amide bonds. The van der Waals surface area contributed by atoms with Gasteiger partial charge in [-0.1, -0.05) is 48.4 Å². The summed E-state index contributed by atoms with van der Waals surface area (Å²) in [5.41, 5.74) is 1.35. The van der Waals surface area contributed by atoms with Crippen LogP contribution in [-0.2, 0) is 10.0 Å². The van der Waals surface area contributed by atoms with Crippen LogP contribution < -0.4 is 10.1 Å². The zero-order chi connectivity index (χ0) is 18.4. The topological polar surface area (TPSA) is 78.5 Å². The molecule has 0 aliphatic rings. The molecule has 2 aromatic rings. The molecule has 0 saturated carbocycles. The molecule has 0 unspecified atom stereocenters. The average molecular weight is 382 g/mol. The van der Waals surface area contributed by atoms with Crippen LogP contribution in [0.15, 0.2) is 53.4 Å². The van der Waals surface area contributed by atoms with E-state index in [1.165, 1.54) is 12.1 Å². The molecule has 0 saturated heterocycles. The number of carbonyl (C=O) groups excluding carboxylic acids is 1. The van der Waals surface area contributed by atoms with E-state index >= 15 is 0 Å². The lowest BCUT2D eigenvalue weighted by molar-refractivity contribution is 0.202. The number of hydrogen-bond donors (Lipinski definition) is 2. The maximum Gasteiger partial charge on any atom is 0.337 e. The van der Waals surface area contributed by atoms with Crippen LogP contribution in [-0.4, -0.2) is 26.0 Å². The molecule has 2 rings (SSSR count). The number of hydrazine groups is 1. The van der Waals surface area contributed by atoms with Crippen LogP contribution in [0.1, 0.15) is 18.9 Å². The fraction of sp³-hybridized carbons (Fsp3) is 0.235. The highest BCUT2D eigenvalue weighted by molar-refractivity contribution is 7.89. The minimum absolute atomic E-state index is 0.0877. The third-order valence-electron chi connectivity index (χ3n) is 3.37. The van der Waals surface area contributed by atoms with Crippen LogP contribution in [0.4, 0.5) is 10.5 Å². The number of benzene rings is 2. The lowest BCUT2D eigenvalue weighted by Crippen LogP contribution is -2.48. The van der Waals surface area contributed by atoms with Crippen molar-refractivity contribution in [3.8, 4) is 0 Å². The lowest BCUT2D eigenvalue weighted by atomic mass is 10.2. The summed E-state index contributed by atoms with van der Waals surface area (Å²) in [6, 6.07) is 12.5. The average Bonchev–Trinajstić information content (AvgIpc) is 2.57. The molecule has 0 aromatic heterocycles. The van der Waals surface area contributed by atoms with E-state index in [4.69, 9.17) is 11.6 Å². The molecule has 0 aliphatic carbocycles. The summed E-state index contributed by atoms with van der Waals surface area (Å²) >= 11 is 6.02. The largest absolute Gasteiger partial charge is 0.337 e. The highest BCUT2D eigenvalue weighted by atomic mass is 35.5. The Morgan fingerprint density at radius 3 is 2.36 bits per heavy atom. The molecule has 2 N–H and O–H groups in total. The molecule has 2 aromatic carbocycles. The Kier molecular flexibility index (Phi) is 6.41. The predicted molar refractivity (Wildman–Crippen MR) is 99.0 cm³/mol. The van der Waals surface area contributed by atoms with Crippen LogP contribution >= 0.6 is 11.6 Å². The molecule has 134 valence electrons. The summed E-state index contributed by atoms with van der Waals surface area (Å²) in [5.74, 6) is 0. The molecule has 6 nitrogen and oxygen atoms in total. The van der Waals surface area contributed by atoms with E-state index in [9.17, 15) is 13.2 Å². The van der Waals surface area contributed by atoms with Crippen molar-refractivity contribution in [2.45, 2.75) is 25.2 Å². The second kappa shape index (κ2) is 8.33. The summed E-state index contributed by atoms with van der Waals surface area (Å²) in [6.45, 7) is 3.92. The molecule has 25 heavy (non-hydrogen) atoms. The van der Waals surface area contributed by atoms with Crippen molar-refractivity contribution >= 4 is 33.3 Å². The van der Waals surface area contributed by atoms with Crippen LogP contribution in [0.2, 0.25) is 5.02 Å². The van der Waals surface area contributed by atoms with Crippen LogP contribution in [0, 0.1) is 6.92 Å². The van der Waals surface area contributed by atoms with Gasteiger partial charge in [0.1, 0.15) is 0 Å². The second-order valence-electron chi connectivity index (χ2n) is 5.47. The Hall–Kier alpha value is -2.09. The first-order chi connectivity index (χ1) is 11.8. The molecule has 0 aliphatic heterocycles. The van der Waals surface area contributed by atoms with Gasteiger partial charge in [0, 0.05) is 6.54 Å². The second-order valence-corrected chi connectivity index (χ2v) is 7.54.